The van der Waals surface area contributed by atoms with Crippen LogP contribution in [0.3, 0.4) is 0 Å². The van der Waals surface area contributed by atoms with E-state index in [9.17, 15) is 13.2 Å². The van der Waals surface area contributed by atoms with E-state index in [-0.39, 0.29) is 12.0 Å². The second-order valence-electron chi connectivity index (χ2n) is 6.53. The van der Waals surface area contributed by atoms with Crippen LogP contribution in [-0.2, 0) is 20.2 Å². The average molecular weight is 326 g/mol. The Balaban J connectivity index is 2.05. The molecular formula is C15H22N2O4S. The zero-order valence-corrected chi connectivity index (χ0v) is 14.1. The van der Waals surface area contributed by atoms with Gasteiger partial charge in [0.2, 0.25) is 10.0 Å². The highest BCUT2D eigenvalue weighted by molar-refractivity contribution is 7.88. The van der Waals surface area contributed by atoms with Crippen molar-refractivity contribution >= 4 is 21.8 Å². The van der Waals surface area contributed by atoms with Crippen molar-refractivity contribution in [2.24, 2.45) is 0 Å². The Bertz CT molecular complexity index is 647. The minimum atomic E-state index is -3.29. The molecule has 7 heteroatoms. The molecule has 22 heavy (non-hydrogen) atoms. The highest BCUT2D eigenvalue weighted by atomic mass is 32.2. The fourth-order valence-electron chi connectivity index (χ4n) is 2.22. The fraction of sp³-hybridized carbons (Fsp3) is 0.533. The van der Waals surface area contributed by atoms with E-state index in [1.807, 2.05) is 24.3 Å². The third-order valence-electron chi connectivity index (χ3n) is 3.49. The Morgan fingerprint density at radius 3 is 2.36 bits per heavy atom. The van der Waals surface area contributed by atoms with Crippen molar-refractivity contribution in [3.05, 3.63) is 29.8 Å². The third-order valence-corrected chi connectivity index (χ3v) is 4.18. The van der Waals surface area contributed by atoms with Crippen LogP contribution < -0.4 is 9.62 Å². The minimum Gasteiger partial charge on any atom is -0.443 e. The van der Waals surface area contributed by atoms with Gasteiger partial charge >= 0.3 is 6.09 Å². The number of benzene rings is 1. The van der Waals surface area contributed by atoms with Crippen LogP contribution in [0.4, 0.5) is 10.5 Å². The number of hydrogen-bond acceptors (Lipinski definition) is 4. The van der Waals surface area contributed by atoms with E-state index in [1.54, 1.807) is 0 Å². The van der Waals surface area contributed by atoms with Gasteiger partial charge in [-0.05, 0) is 23.1 Å². The average Bonchev–Trinajstić information content (AvgIpc) is 2.76. The third kappa shape index (κ3) is 4.20. The van der Waals surface area contributed by atoms with E-state index < -0.39 is 22.2 Å². The predicted molar refractivity (Wildman–Crippen MR) is 85.6 cm³/mol. The van der Waals surface area contributed by atoms with Gasteiger partial charge in [0.15, 0.2) is 0 Å². The Kier molecular flexibility index (Phi) is 4.49. The van der Waals surface area contributed by atoms with Crippen molar-refractivity contribution in [2.45, 2.75) is 32.3 Å². The zero-order valence-electron chi connectivity index (χ0n) is 13.3. The number of rotatable bonds is 4. The summed E-state index contributed by atoms with van der Waals surface area (Å²) in [5.41, 5.74) is 1.98. The van der Waals surface area contributed by atoms with Gasteiger partial charge in [0.1, 0.15) is 6.10 Å². The molecule has 0 aliphatic carbocycles. The molecule has 1 saturated heterocycles. The van der Waals surface area contributed by atoms with Gasteiger partial charge < -0.3 is 4.74 Å². The molecule has 1 aromatic rings. The van der Waals surface area contributed by atoms with Gasteiger partial charge in [0, 0.05) is 12.2 Å². The topological polar surface area (TPSA) is 75.7 Å². The number of ether oxygens (including phenoxy) is 1. The van der Waals surface area contributed by atoms with Gasteiger partial charge in [0.05, 0.1) is 12.8 Å². The Morgan fingerprint density at radius 2 is 1.86 bits per heavy atom. The first-order valence-electron chi connectivity index (χ1n) is 7.09. The van der Waals surface area contributed by atoms with E-state index in [4.69, 9.17) is 4.74 Å². The zero-order chi connectivity index (χ0) is 16.5. The number of anilines is 1. The first-order valence-corrected chi connectivity index (χ1v) is 8.99. The van der Waals surface area contributed by atoms with Gasteiger partial charge in [-0.1, -0.05) is 32.9 Å². The second-order valence-corrected chi connectivity index (χ2v) is 8.37. The summed E-state index contributed by atoms with van der Waals surface area (Å²) in [5.74, 6) is 0. The summed E-state index contributed by atoms with van der Waals surface area (Å²) in [6, 6.07) is 7.75. The summed E-state index contributed by atoms with van der Waals surface area (Å²) in [7, 11) is -3.29. The molecule has 1 atom stereocenters. The number of nitrogens with one attached hydrogen (secondary N) is 1. The smallest absolute Gasteiger partial charge is 0.414 e. The van der Waals surface area contributed by atoms with Crippen molar-refractivity contribution in [1.82, 2.24) is 4.72 Å². The van der Waals surface area contributed by atoms with Gasteiger partial charge in [-0.2, -0.15) is 0 Å². The summed E-state index contributed by atoms with van der Waals surface area (Å²) in [6.07, 6.45) is 0.139. The predicted octanol–water partition coefficient (Wildman–Crippen LogP) is 1.86. The molecule has 0 spiro atoms. The highest BCUT2D eigenvalue weighted by Crippen LogP contribution is 2.27. The van der Waals surface area contributed by atoms with Crippen molar-refractivity contribution in [2.75, 3.05) is 24.2 Å². The summed E-state index contributed by atoms with van der Waals surface area (Å²) >= 11 is 0. The van der Waals surface area contributed by atoms with Crippen molar-refractivity contribution < 1.29 is 17.9 Å². The summed E-state index contributed by atoms with van der Waals surface area (Å²) in [5, 5.41) is 0. The molecule has 1 aliphatic rings. The van der Waals surface area contributed by atoms with E-state index in [2.05, 4.69) is 25.5 Å². The van der Waals surface area contributed by atoms with Crippen LogP contribution >= 0.6 is 0 Å². The SMILES string of the molecule is CC(C)(C)c1ccc(N2CC(CNS(C)(=O)=O)OC2=O)cc1. The van der Waals surface area contributed by atoms with E-state index in [0.717, 1.165) is 11.9 Å². The Labute approximate surface area is 131 Å². The molecule has 1 heterocycles. The van der Waals surface area contributed by atoms with E-state index in [1.165, 1.54) is 10.5 Å². The maximum atomic E-state index is 11.9. The largest absolute Gasteiger partial charge is 0.443 e. The fourth-order valence-corrected chi connectivity index (χ4v) is 2.71. The number of carbonyl (C=O) groups is 1. The number of carbonyl (C=O) groups excluding carboxylic acids is 1. The van der Waals surface area contributed by atoms with Crippen LogP contribution in [0.5, 0.6) is 0 Å². The normalized spacial score (nSPS) is 19.4. The number of nitrogens with zero attached hydrogens (tertiary/aromatic N) is 1. The molecule has 1 aromatic carbocycles. The minimum absolute atomic E-state index is 0.0476. The molecule has 0 radical (unpaired) electrons. The molecule has 2 rings (SSSR count). The molecule has 0 bridgehead atoms. The summed E-state index contributed by atoms with van der Waals surface area (Å²) in [4.78, 5) is 13.4. The summed E-state index contributed by atoms with van der Waals surface area (Å²) < 4.78 is 29.7. The van der Waals surface area contributed by atoms with Crippen LogP contribution in [-0.4, -0.2) is 40.0 Å². The summed E-state index contributed by atoms with van der Waals surface area (Å²) in [6.45, 7) is 6.79. The lowest BCUT2D eigenvalue weighted by atomic mass is 9.87. The van der Waals surface area contributed by atoms with Gasteiger partial charge in [-0.3, -0.25) is 4.90 Å². The molecule has 1 unspecified atom stereocenters. The van der Waals surface area contributed by atoms with Crippen molar-refractivity contribution in [3.8, 4) is 0 Å². The Morgan fingerprint density at radius 1 is 1.27 bits per heavy atom. The number of amides is 1. The lowest BCUT2D eigenvalue weighted by Crippen LogP contribution is -2.34. The number of hydrogen-bond donors (Lipinski definition) is 1. The molecule has 6 nitrogen and oxygen atoms in total. The molecule has 1 aliphatic heterocycles. The van der Waals surface area contributed by atoms with Crippen LogP contribution in [0.25, 0.3) is 0 Å². The van der Waals surface area contributed by atoms with Gasteiger partial charge in [-0.25, -0.2) is 17.9 Å². The van der Waals surface area contributed by atoms with Crippen LogP contribution in [0.15, 0.2) is 24.3 Å². The van der Waals surface area contributed by atoms with E-state index in [0.29, 0.717) is 6.54 Å². The van der Waals surface area contributed by atoms with Gasteiger partial charge in [-0.15, -0.1) is 0 Å². The lowest BCUT2D eigenvalue weighted by Gasteiger charge is -2.20. The molecule has 1 fully saturated rings. The second kappa shape index (κ2) is 5.89. The van der Waals surface area contributed by atoms with E-state index >= 15 is 0 Å². The van der Waals surface area contributed by atoms with Crippen molar-refractivity contribution in [1.29, 1.82) is 0 Å². The van der Waals surface area contributed by atoms with Crippen LogP contribution in [0.2, 0.25) is 0 Å². The van der Waals surface area contributed by atoms with Gasteiger partial charge in [0.25, 0.3) is 0 Å². The first-order chi connectivity index (χ1) is 10.1. The first kappa shape index (κ1) is 16.8. The standard InChI is InChI=1S/C15H22N2O4S/c1-15(2,3)11-5-7-12(8-6-11)17-10-13(21-14(17)18)9-16-22(4,19)20/h5-8,13,16H,9-10H2,1-4H3. The molecular weight excluding hydrogens is 304 g/mol. The molecule has 1 amide bonds. The Hall–Kier alpha value is -1.60. The van der Waals surface area contributed by atoms with Crippen LogP contribution in [0, 0.1) is 0 Å². The maximum Gasteiger partial charge on any atom is 0.414 e. The molecule has 0 aromatic heterocycles. The van der Waals surface area contributed by atoms with Crippen molar-refractivity contribution in [3.63, 3.8) is 0 Å². The van der Waals surface area contributed by atoms with Crippen LogP contribution in [0.1, 0.15) is 26.3 Å². The lowest BCUT2D eigenvalue weighted by molar-refractivity contribution is 0.143. The molecule has 1 N–H and O–H groups in total. The highest BCUT2D eigenvalue weighted by Gasteiger charge is 2.32. The quantitative estimate of drug-likeness (QED) is 0.916. The molecule has 0 saturated carbocycles. The maximum absolute atomic E-state index is 11.9. The monoisotopic (exact) mass is 326 g/mol. The number of sulfonamides is 1. The molecule has 122 valence electrons. The number of cyclic esters (lactones) is 1.